The normalized spacial score (nSPS) is 9.44. The summed E-state index contributed by atoms with van der Waals surface area (Å²) in [6.45, 7) is 1.44. The molecule has 0 fully saturated rings. The second-order valence-electron chi connectivity index (χ2n) is 1.70. The van der Waals surface area contributed by atoms with Crippen LogP contribution >= 0.6 is 0 Å². The molecule has 0 saturated heterocycles. The molecule has 4 N–H and O–H groups in total. The quantitative estimate of drug-likeness (QED) is 0.524. The van der Waals surface area contributed by atoms with Crippen LogP contribution in [0, 0.1) is 0 Å². The van der Waals surface area contributed by atoms with E-state index in [1.165, 1.54) is 0 Å². The van der Waals surface area contributed by atoms with Gasteiger partial charge in [-0.25, -0.2) is 0 Å². The van der Waals surface area contributed by atoms with Crippen molar-refractivity contribution in [3.8, 4) is 0 Å². The molecule has 0 radical (unpaired) electrons. The van der Waals surface area contributed by atoms with Gasteiger partial charge in [-0.2, -0.15) is 5.10 Å². The predicted octanol–water partition coefficient (Wildman–Crippen LogP) is -0.220. The molecule has 1 rings (SSSR count). The van der Waals surface area contributed by atoms with Crippen LogP contribution in [0.5, 0.6) is 0 Å². The molecule has 0 aliphatic heterocycles. The van der Waals surface area contributed by atoms with Crippen molar-refractivity contribution in [2.75, 3.05) is 18.4 Å². The molecule has 0 saturated carbocycles. The first-order valence-electron chi connectivity index (χ1n) is 2.86. The minimum atomic E-state index is 0.644. The second kappa shape index (κ2) is 3.09. The molecule has 4 heteroatoms. The van der Waals surface area contributed by atoms with Crippen molar-refractivity contribution >= 4 is 5.69 Å². The summed E-state index contributed by atoms with van der Waals surface area (Å²) in [4.78, 5) is 0. The predicted molar refractivity (Wildman–Crippen MR) is 36.1 cm³/mol. The van der Waals surface area contributed by atoms with E-state index in [0.29, 0.717) is 6.54 Å². The first-order chi connectivity index (χ1) is 4.43. The molecule has 0 aliphatic rings. The molecule has 0 atom stereocenters. The fourth-order valence-electron chi connectivity index (χ4n) is 0.564. The third kappa shape index (κ3) is 1.73. The fourth-order valence-corrected chi connectivity index (χ4v) is 0.564. The Balaban J connectivity index is 2.30. The van der Waals surface area contributed by atoms with E-state index >= 15 is 0 Å². The third-order valence-electron chi connectivity index (χ3n) is 0.972. The molecule has 9 heavy (non-hydrogen) atoms. The monoisotopic (exact) mass is 126 g/mol. The molecule has 1 aromatic rings. The Labute approximate surface area is 53.4 Å². The van der Waals surface area contributed by atoms with Gasteiger partial charge in [0.25, 0.3) is 0 Å². The van der Waals surface area contributed by atoms with E-state index in [2.05, 4.69) is 15.5 Å². The highest BCUT2D eigenvalue weighted by molar-refractivity contribution is 5.37. The SMILES string of the molecule is NCCNc1cn[nH]c1. The van der Waals surface area contributed by atoms with Gasteiger partial charge in [0.2, 0.25) is 0 Å². The van der Waals surface area contributed by atoms with Gasteiger partial charge in [0.1, 0.15) is 0 Å². The van der Waals surface area contributed by atoms with E-state index < -0.39 is 0 Å². The van der Waals surface area contributed by atoms with E-state index in [1.807, 2.05) is 0 Å². The Morgan fingerprint density at radius 2 is 2.67 bits per heavy atom. The molecule has 50 valence electrons. The van der Waals surface area contributed by atoms with Crippen LogP contribution in [0.25, 0.3) is 0 Å². The van der Waals surface area contributed by atoms with Gasteiger partial charge >= 0.3 is 0 Å². The number of aromatic nitrogens is 2. The van der Waals surface area contributed by atoms with Gasteiger partial charge in [-0.05, 0) is 0 Å². The zero-order chi connectivity index (χ0) is 6.53. The van der Waals surface area contributed by atoms with Crippen molar-refractivity contribution < 1.29 is 0 Å². The van der Waals surface area contributed by atoms with Crippen molar-refractivity contribution in [1.82, 2.24) is 10.2 Å². The van der Waals surface area contributed by atoms with Crippen LogP contribution in [0.3, 0.4) is 0 Å². The lowest BCUT2D eigenvalue weighted by Gasteiger charge is -1.96. The molecule has 1 heterocycles. The van der Waals surface area contributed by atoms with E-state index in [4.69, 9.17) is 5.73 Å². The van der Waals surface area contributed by atoms with Gasteiger partial charge in [-0.3, -0.25) is 5.10 Å². The molecule has 0 aliphatic carbocycles. The molecule has 0 amide bonds. The lowest BCUT2D eigenvalue weighted by Crippen LogP contribution is -2.12. The number of nitrogens with one attached hydrogen (secondary N) is 2. The fraction of sp³-hybridized carbons (Fsp3) is 0.400. The molecule has 0 aromatic carbocycles. The summed E-state index contributed by atoms with van der Waals surface area (Å²) in [6, 6.07) is 0. The number of H-pyrrole nitrogens is 1. The van der Waals surface area contributed by atoms with Crippen LogP contribution in [-0.4, -0.2) is 23.3 Å². The molecule has 1 aromatic heterocycles. The summed E-state index contributed by atoms with van der Waals surface area (Å²) in [7, 11) is 0. The standard InChI is InChI=1S/C5H10N4/c6-1-2-7-5-3-8-9-4-5/h3-4,7H,1-2,6H2,(H,8,9). The highest BCUT2D eigenvalue weighted by Gasteiger charge is 1.86. The maximum Gasteiger partial charge on any atom is 0.0724 e. The number of hydrogen-bond acceptors (Lipinski definition) is 3. The van der Waals surface area contributed by atoms with Gasteiger partial charge < -0.3 is 11.1 Å². The summed E-state index contributed by atoms with van der Waals surface area (Å²) >= 11 is 0. The summed E-state index contributed by atoms with van der Waals surface area (Å²) in [5.74, 6) is 0. The highest BCUT2D eigenvalue weighted by atomic mass is 15.1. The van der Waals surface area contributed by atoms with Gasteiger partial charge in [0.05, 0.1) is 11.9 Å². The summed E-state index contributed by atoms with van der Waals surface area (Å²) in [5.41, 5.74) is 6.24. The zero-order valence-corrected chi connectivity index (χ0v) is 5.09. The van der Waals surface area contributed by atoms with Gasteiger partial charge in [0.15, 0.2) is 0 Å². The van der Waals surface area contributed by atoms with Crippen molar-refractivity contribution in [3.05, 3.63) is 12.4 Å². The van der Waals surface area contributed by atoms with Crippen molar-refractivity contribution in [3.63, 3.8) is 0 Å². The van der Waals surface area contributed by atoms with E-state index in [1.54, 1.807) is 12.4 Å². The Hall–Kier alpha value is -1.03. The number of aromatic amines is 1. The van der Waals surface area contributed by atoms with Gasteiger partial charge in [-0.15, -0.1) is 0 Å². The third-order valence-corrected chi connectivity index (χ3v) is 0.972. The van der Waals surface area contributed by atoms with Crippen LogP contribution in [0.2, 0.25) is 0 Å². The Bertz CT molecular complexity index is 146. The first kappa shape index (κ1) is 6.10. The maximum atomic E-state index is 5.25. The Kier molecular flexibility index (Phi) is 2.09. The Morgan fingerprint density at radius 1 is 1.78 bits per heavy atom. The van der Waals surface area contributed by atoms with E-state index in [-0.39, 0.29) is 0 Å². The summed E-state index contributed by atoms with van der Waals surface area (Å²) in [5, 5.41) is 9.49. The average molecular weight is 126 g/mol. The van der Waals surface area contributed by atoms with Crippen LogP contribution < -0.4 is 11.1 Å². The number of rotatable bonds is 3. The summed E-state index contributed by atoms with van der Waals surface area (Å²) < 4.78 is 0. The zero-order valence-electron chi connectivity index (χ0n) is 5.09. The smallest absolute Gasteiger partial charge is 0.0724 e. The minimum Gasteiger partial charge on any atom is -0.381 e. The molecule has 0 unspecified atom stereocenters. The maximum absolute atomic E-state index is 5.25. The molecule has 0 bridgehead atoms. The van der Waals surface area contributed by atoms with Crippen LogP contribution in [-0.2, 0) is 0 Å². The number of anilines is 1. The van der Waals surface area contributed by atoms with Crippen LogP contribution in [0.1, 0.15) is 0 Å². The molecule has 4 nitrogen and oxygen atoms in total. The molecular formula is C5H10N4. The largest absolute Gasteiger partial charge is 0.381 e. The number of nitrogens with zero attached hydrogens (tertiary/aromatic N) is 1. The first-order valence-corrected chi connectivity index (χ1v) is 2.86. The molecular weight excluding hydrogens is 116 g/mol. The lowest BCUT2D eigenvalue weighted by molar-refractivity contribution is 1.02. The summed E-state index contributed by atoms with van der Waals surface area (Å²) in [6.07, 6.45) is 3.51. The topological polar surface area (TPSA) is 66.7 Å². The Morgan fingerprint density at radius 3 is 3.22 bits per heavy atom. The van der Waals surface area contributed by atoms with Crippen LogP contribution in [0.15, 0.2) is 12.4 Å². The minimum absolute atomic E-state index is 0.644. The van der Waals surface area contributed by atoms with Crippen LogP contribution in [0.4, 0.5) is 5.69 Å². The van der Waals surface area contributed by atoms with E-state index in [0.717, 1.165) is 12.2 Å². The van der Waals surface area contributed by atoms with Crippen molar-refractivity contribution in [1.29, 1.82) is 0 Å². The van der Waals surface area contributed by atoms with E-state index in [9.17, 15) is 0 Å². The van der Waals surface area contributed by atoms with Gasteiger partial charge in [0, 0.05) is 19.3 Å². The van der Waals surface area contributed by atoms with Crippen molar-refractivity contribution in [2.24, 2.45) is 5.73 Å². The number of nitrogens with two attached hydrogens (primary N) is 1. The molecule has 0 spiro atoms. The van der Waals surface area contributed by atoms with Crippen molar-refractivity contribution in [2.45, 2.75) is 0 Å². The number of hydrogen-bond donors (Lipinski definition) is 3. The lowest BCUT2D eigenvalue weighted by atomic mass is 10.5. The average Bonchev–Trinajstić information content (AvgIpc) is 2.34. The van der Waals surface area contributed by atoms with Gasteiger partial charge in [-0.1, -0.05) is 0 Å². The second-order valence-corrected chi connectivity index (χ2v) is 1.70. The highest BCUT2D eigenvalue weighted by Crippen LogP contribution is 1.98.